The topological polar surface area (TPSA) is 100 Å². The van der Waals surface area contributed by atoms with Crippen molar-refractivity contribution in [1.29, 1.82) is 0 Å². The Hall–Kier alpha value is -3.07. The first-order chi connectivity index (χ1) is 15.0. The van der Waals surface area contributed by atoms with Crippen LogP contribution in [0.25, 0.3) is 0 Å². The zero-order chi connectivity index (χ0) is 22.4. The van der Waals surface area contributed by atoms with Gasteiger partial charge in [0.1, 0.15) is 5.00 Å². The third-order valence-corrected chi connectivity index (χ3v) is 5.89. The Morgan fingerprint density at radius 2 is 1.84 bits per heavy atom. The molecule has 0 spiro atoms. The fourth-order valence-electron chi connectivity index (χ4n) is 3.36. The van der Waals surface area contributed by atoms with Crippen LogP contribution < -0.4 is 14.8 Å². The lowest BCUT2D eigenvalue weighted by atomic mass is 10.1. The highest BCUT2D eigenvalue weighted by atomic mass is 32.1. The SMILES string of the molecule is CCOC(=O)c1c(NC(=O)COC(=O)c2ccc(OCC)c(OC)c2)sc2c1CCC2. The summed E-state index contributed by atoms with van der Waals surface area (Å²) in [5.74, 6) is -0.743. The molecule has 3 rings (SSSR count). The molecule has 1 aliphatic rings. The summed E-state index contributed by atoms with van der Waals surface area (Å²) in [6.45, 7) is 3.80. The van der Waals surface area contributed by atoms with Crippen molar-refractivity contribution in [2.24, 2.45) is 0 Å². The van der Waals surface area contributed by atoms with Gasteiger partial charge in [-0.05, 0) is 56.9 Å². The molecule has 0 saturated carbocycles. The Morgan fingerprint density at radius 3 is 2.55 bits per heavy atom. The minimum atomic E-state index is -0.671. The van der Waals surface area contributed by atoms with Crippen molar-refractivity contribution in [3.63, 3.8) is 0 Å². The Kier molecular flexibility index (Phi) is 7.51. The molecule has 0 radical (unpaired) electrons. The molecule has 1 aliphatic carbocycles. The van der Waals surface area contributed by atoms with Gasteiger partial charge < -0.3 is 24.3 Å². The van der Waals surface area contributed by atoms with Crippen molar-refractivity contribution in [3.05, 3.63) is 39.8 Å². The number of anilines is 1. The van der Waals surface area contributed by atoms with E-state index in [0.29, 0.717) is 28.7 Å². The van der Waals surface area contributed by atoms with Gasteiger partial charge in [-0.3, -0.25) is 4.79 Å². The molecule has 2 aromatic rings. The minimum Gasteiger partial charge on any atom is -0.493 e. The predicted molar refractivity (Wildman–Crippen MR) is 115 cm³/mol. The van der Waals surface area contributed by atoms with E-state index in [2.05, 4.69) is 5.32 Å². The highest BCUT2D eigenvalue weighted by Crippen LogP contribution is 2.39. The number of hydrogen-bond donors (Lipinski definition) is 1. The molecule has 1 aromatic heterocycles. The zero-order valence-corrected chi connectivity index (χ0v) is 18.6. The van der Waals surface area contributed by atoms with Gasteiger partial charge in [0.15, 0.2) is 18.1 Å². The molecule has 0 bridgehead atoms. The van der Waals surface area contributed by atoms with Crippen LogP contribution in [-0.4, -0.2) is 44.8 Å². The van der Waals surface area contributed by atoms with Crippen LogP contribution in [0.1, 0.15) is 51.4 Å². The maximum absolute atomic E-state index is 12.4. The average molecular weight is 448 g/mol. The summed E-state index contributed by atoms with van der Waals surface area (Å²) in [7, 11) is 1.47. The van der Waals surface area contributed by atoms with E-state index in [9.17, 15) is 14.4 Å². The Bertz CT molecular complexity index is 982. The number of carbonyl (C=O) groups excluding carboxylic acids is 3. The second-order valence-corrected chi connectivity index (χ2v) is 7.81. The maximum Gasteiger partial charge on any atom is 0.341 e. The number of fused-ring (bicyclic) bond motifs is 1. The number of thiophene rings is 1. The lowest BCUT2D eigenvalue weighted by Gasteiger charge is -2.11. The molecule has 31 heavy (non-hydrogen) atoms. The summed E-state index contributed by atoms with van der Waals surface area (Å²) in [6.07, 6.45) is 2.63. The summed E-state index contributed by atoms with van der Waals surface area (Å²) in [5, 5.41) is 3.13. The van der Waals surface area contributed by atoms with E-state index in [1.54, 1.807) is 13.0 Å². The first kappa shape index (κ1) is 22.6. The molecule has 8 nitrogen and oxygen atoms in total. The second kappa shape index (κ2) is 10.3. The van der Waals surface area contributed by atoms with Crippen molar-refractivity contribution in [3.8, 4) is 11.5 Å². The summed E-state index contributed by atoms with van der Waals surface area (Å²) >= 11 is 1.37. The maximum atomic E-state index is 12.4. The molecule has 166 valence electrons. The number of amides is 1. The number of ether oxygens (including phenoxy) is 4. The lowest BCUT2D eigenvalue weighted by molar-refractivity contribution is -0.119. The first-order valence-corrected chi connectivity index (χ1v) is 10.9. The number of methoxy groups -OCH3 is 1. The number of aryl methyl sites for hydroxylation is 1. The minimum absolute atomic E-state index is 0.232. The molecule has 1 heterocycles. The van der Waals surface area contributed by atoms with Crippen LogP contribution in [0.4, 0.5) is 5.00 Å². The van der Waals surface area contributed by atoms with E-state index < -0.39 is 24.5 Å². The monoisotopic (exact) mass is 447 g/mol. The first-order valence-electron chi connectivity index (χ1n) is 10.1. The third kappa shape index (κ3) is 5.16. The fourth-order valence-corrected chi connectivity index (χ4v) is 4.65. The highest BCUT2D eigenvalue weighted by Gasteiger charge is 2.28. The Morgan fingerprint density at radius 1 is 1.03 bits per heavy atom. The molecule has 0 fully saturated rings. The Labute approximate surface area is 184 Å². The van der Waals surface area contributed by atoms with Crippen LogP contribution in [0.2, 0.25) is 0 Å². The fraction of sp³-hybridized carbons (Fsp3) is 0.409. The van der Waals surface area contributed by atoms with Crippen molar-refractivity contribution >= 4 is 34.2 Å². The number of benzene rings is 1. The second-order valence-electron chi connectivity index (χ2n) is 6.70. The van der Waals surface area contributed by atoms with Gasteiger partial charge in [0.05, 0.1) is 31.5 Å². The molecule has 9 heteroatoms. The summed E-state index contributed by atoms with van der Waals surface area (Å²) in [5.41, 5.74) is 1.59. The van der Waals surface area contributed by atoms with Gasteiger partial charge >= 0.3 is 11.9 Å². The van der Waals surface area contributed by atoms with Gasteiger partial charge in [-0.25, -0.2) is 9.59 Å². The smallest absolute Gasteiger partial charge is 0.341 e. The summed E-state index contributed by atoms with van der Waals surface area (Å²) in [4.78, 5) is 38.2. The summed E-state index contributed by atoms with van der Waals surface area (Å²) < 4.78 is 20.9. The standard InChI is InChI=1S/C22H25NO7S/c1-4-28-15-10-9-13(11-16(15)27-3)21(25)30-12-18(24)23-20-19(22(26)29-5-2)14-7-6-8-17(14)31-20/h9-11H,4-8,12H2,1-3H3,(H,23,24). The van der Waals surface area contributed by atoms with Crippen LogP contribution in [-0.2, 0) is 27.1 Å². The van der Waals surface area contributed by atoms with Crippen LogP contribution in [0.15, 0.2) is 18.2 Å². The van der Waals surface area contributed by atoms with E-state index in [4.69, 9.17) is 18.9 Å². The van der Waals surface area contributed by atoms with E-state index in [1.165, 1.54) is 30.6 Å². The van der Waals surface area contributed by atoms with Gasteiger partial charge in [0.2, 0.25) is 0 Å². The van der Waals surface area contributed by atoms with Gasteiger partial charge in [-0.15, -0.1) is 11.3 Å². The molecule has 0 atom stereocenters. The van der Waals surface area contributed by atoms with Gasteiger partial charge in [0, 0.05) is 4.88 Å². The Balaban J connectivity index is 1.64. The molecule has 0 aliphatic heterocycles. The number of esters is 2. The van der Waals surface area contributed by atoms with E-state index in [0.717, 1.165) is 29.7 Å². The van der Waals surface area contributed by atoms with E-state index in [1.807, 2.05) is 6.92 Å². The van der Waals surface area contributed by atoms with Gasteiger partial charge in [-0.1, -0.05) is 0 Å². The molecule has 1 N–H and O–H groups in total. The average Bonchev–Trinajstić information content (AvgIpc) is 3.33. The predicted octanol–water partition coefficient (Wildman–Crippen LogP) is 3.62. The number of hydrogen-bond acceptors (Lipinski definition) is 8. The molecule has 1 amide bonds. The van der Waals surface area contributed by atoms with Crippen molar-refractivity contribution in [2.75, 3.05) is 32.2 Å². The molecular formula is C22H25NO7S. The quantitative estimate of drug-likeness (QED) is 0.586. The van der Waals surface area contributed by atoms with E-state index >= 15 is 0 Å². The van der Waals surface area contributed by atoms with Crippen LogP contribution in [0, 0.1) is 0 Å². The molecule has 0 saturated heterocycles. The molecule has 0 unspecified atom stereocenters. The normalized spacial score (nSPS) is 12.1. The van der Waals surface area contributed by atoms with Crippen molar-refractivity contribution < 1.29 is 33.3 Å². The van der Waals surface area contributed by atoms with Crippen LogP contribution in [0.3, 0.4) is 0 Å². The van der Waals surface area contributed by atoms with Gasteiger partial charge in [0.25, 0.3) is 5.91 Å². The third-order valence-electron chi connectivity index (χ3n) is 4.69. The van der Waals surface area contributed by atoms with Gasteiger partial charge in [-0.2, -0.15) is 0 Å². The number of nitrogens with one attached hydrogen (secondary N) is 1. The van der Waals surface area contributed by atoms with E-state index in [-0.39, 0.29) is 12.2 Å². The number of rotatable bonds is 9. The zero-order valence-electron chi connectivity index (χ0n) is 17.7. The van der Waals surface area contributed by atoms with Crippen LogP contribution in [0.5, 0.6) is 11.5 Å². The summed E-state index contributed by atoms with van der Waals surface area (Å²) in [6, 6.07) is 4.64. The highest BCUT2D eigenvalue weighted by molar-refractivity contribution is 7.17. The molecule has 1 aromatic carbocycles. The van der Waals surface area contributed by atoms with Crippen LogP contribution >= 0.6 is 11.3 Å². The number of carbonyl (C=O) groups is 3. The molecular weight excluding hydrogens is 422 g/mol. The van der Waals surface area contributed by atoms with Crippen molar-refractivity contribution in [1.82, 2.24) is 0 Å². The van der Waals surface area contributed by atoms with Crippen molar-refractivity contribution in [2.45, 2.75) is 33.1 Å². The largest absolute Gasteiger partial charge is 0.493 e. The lowest BCUT2D eigenvalue weighted by Crippen LogP contribution is -2.22.